The van der Waals surface area contributed by atoms with Gasteiger partial charge in [-0.2, -0.15) is 0 Å². The second-order valence-electron chi connectivity index (χ2n) is 7.74. The summed E-state index contributed by atoms with van der Waals surface area (Å²) in [6.07, 6.45) is 4.79. The Labute approximate surface area is 124 Å². The van der Waals surface area contributed by atoms with Gasteiger partial charge in [-0.15, -0.1) is 0 Å². The summed E-state index contributed by atoms with van der Waals surface area (Å²) in [6.45, 7) is 13.0. The second kappa shape index (κ2) is 6.79. The predicted molar refractivity (Wildman–Crippen MR) is 82.9 cm³/mol. The third kappa shape index (κ3) is 6.12. The molecule has 0 aliphatic heterocycles. The fraction of sp³-hybridized carbons (Fsp3) is 0.938. The van der Waals surface area contributed by atoms with E-state index in [9.17, 15) is 4.79 Å². The SMILES string of the molecule is CC(CNC(=O)OC(C)(C)C)NC1CCCCC1(C)C. The number of rotatable bonds is 4. The summed E-state index contributed by atoms with van der Waals surface area (Å²) >= 11 is 0. The zero-order chi connectivity index (χ0) is 15.4. The zero-order valence-corrected chi connectivity index (χ0v) is 14.0. The molecule has 0 aromatic rings. The van der Waals surface area contributed by atoms with Gasteiger partial charge in [-0.25, -0.2) is 4.79 Å². The highest BCUT2D eigenvalue weighted by Gasteiger charge is 2.32. The van der Waals surface area contributed by atoms with Crippen molar-refractivity contribution in [2.45, 2.75) is 84.9 Å². The van der Waals surface area contributed by atoms with Gasteiger partial charge in [0.25, 0.3) is 0 Å². The fourth-order valence-corrected chi connectivity index (χ4v) is 2.76. The first-order valence-electron chi connectivity index (χ1n) is 7.83. The molecule has 1 saturated carbocycles. The van der Waals surface area contributed by atoms with Gasteiger partial charge in [-0.05, 0) is 46.0 Å². The molecule has 0 bridgehead atoms. The Kier molecular flexibility index (Phi) is 5.87. The average molecular weight is 284 g/mol. The second-order valence-corrected chi connectivity index (χ2v) is 7.74. The van der Waals surface area contributed by atoms with E-state index in [1.165, 1.54) is 25.7 Å². The van der Waals surface area contributed by atoms with Crippen molar-refractivity contribution in [1.29, 1.82) is 0 Å². The Balaban J connectivity index is 2.33. The van der Waals surface area contributed by atoms with E-state index in [0.717, 1.165) is 0 Å². The van der Waals surface area contributed by atoms with Crippen LogP contribution in [0.25, 0.3) is 0 Å². The van der Waals surface area contributed by atoms with Crippen molar-refractivity contribution in [1.82, 2.24) is 10.6 Å². The Morgan fingerprint density at radius 1 is 1.35 bits per heavy atom. The van der Waals surface area contributed by atoms with Gasteiger partial charge < -0.3 is 15.4 Å². The molecule has 2 atom stereocenters. The molecule has 0 aromatic heterocycles. The van der Waals surface area contributed by atoms with Crippen molar-refractivity contribution in [3.05, 3.63) is 0 Å². The summed E-state index contributed by atoms with van der Waals surface area (Å²) in [6, 6.07) is 0.788. The Hall–Kier alpha value is -0.770. The third-order valence-electron chi connectivity index (χ3n) is 3.94. The number of ether oxygens (including phenoxy) is 1. The highest BCUT2D eigenvalue weighted by atomic mass is 16.6. The maximum atomic E-state index is 11.6. The van der Waals surface area contributed by atoms with Gasteiger partial charge in [-0.1, -0.05) is 26.7 Å². The van der Waals surface area contributed by atoms with Crippen LogP contribution in [-0.4, -0.2) is 30.3 Å². The molecule has 1 rings (SSSR count). The number of nitrogens with one attached hydrogen (secondary N) is 2. The lowest BCUT2D eigenvalue weighted by Crippen LogP contribution is -2.51. The van der Waals surface area contributed by atoms with Gasteiger partial charge in [0.15, 0.2) is 0 Å². The van der Waals surface area contributed by atoms with E-state index in [-0.39, 0.29) is 12.1 Å². The Morgan fingerprint density at radius 3 is 2.55 bits per heavy atom. The van der Waals surface area contributed by atoms with E-state index < -0.39 is 5.60 Å². The molecule has 1 amide bonds. The van der Waals surface area contributed by atoms with Crippen molar-refractivity contribution in [2.24, 2.45) is 5.41 Å². The lowest BCUT2D eigenvalue weighted by molar-refractivity contribution is 0.0519. The minimum absolute atomic E-state index is 0.255. The van der Waals surface area contributed by atoms with E-state index in [0.29, 0.717) is 18.0 Å². The number of carbonyl (C=O) groups is 1. The van der Waals surface area contributed by atoms with Gasteiger partial charge in [0.1, 0.15) is 5.60 Å². The van der Waals surface area contributed by atoms with Crippen molar-refractivity contribution in [2.75, 3.05) is 6.54 Å². The lowest BCUT2D eigenvalue weighted by atomic mass is 9.73. The molecule has 4 nitrogen and oxygen atoms in total. The molecule has 2 unspecified atom stereocenters. The summed E-state index contributed by atoms with van der Waals surface area (Å²) in [4.78, 5) is 11.6. The zero-order valence-electron chi connectivity index (χ0n) is 14.0. The van der Waals surface area contributed by atoms with Crippen LogP contribution >= 0.6 is 0 Å². The van der Waals surface area contributed by atoms with Gasteiger partial charge in [0.05, 0.1) is 0 Å². The number of amides is 1. The largest absolute Gasteiger partial charge is 0.444 e. The molecule has 4 heteroatoms. The number of alkyl carbamates (subject to hydrolysis) is 1. The van der Waals surface area contributed by atoms with Crippen molar-refractivity contribution < 1.29 is 9.53 Å². The van der Waals surface area contributed by atoms with E-state index in [2.05, 4.69) is 31.4 Å². The highest BCUT2D eigenvalue weighted by Crippen LogP contribution is 2.35. The van der Waals surface area contributed by atoms with Crippen LogP contribution in [0.15, 0.2) is 0 Å². The minimum atomic E-state index is -0.438. The molecule has 118 valence electrons. The summed E-state index contributed by atoms with van der Waals surface area (Å²) < 4.78 is 5.24. The summed E-state index contributed by atoms with van der Waals surface area (Å²) in [5.74, 6) is 0. The third-order valence-corrected chi connectivity index (χ3v) is 3.94. The van der Waals surface area contributed by atoms with Crippen LogP contribution in [0.1, 0.15) is 67.2 Å². The summed E-state index contributed by atoms with van der Waals surface area (Å²) in [5.41, 5.74) is -0.0927. The minimum Gasteiger partial charge on any atom is -0.444 e. The molecule has 0 heterocycles. The van der Waals surface area contributed by atoms with E-state index in [1.807, 2.05) is 20.8 Å². The molecule has 0 spiro atoms. The first kappa shape index (κ1) is 17.3. The van der Waals surface area contributed by atoms with Gasteiger partial charge in [-0.3, -0.25) is 0 Å². The first-order valence-corrected chi connectivity index (χ1v) is 7.83. The van der Waals surface area contributed by atoms with Gasteiger partial charge in [0.2, 0.25) is 0 Å². The van der Waals surface area contributed by atoms with Crippen LogP contribution in [0, 0.1) is 5.41 Å². The molecule has 2 N–H and O–H groups in total. The van der Waals surface area contributed by atoms with Crippen LogP contribution < -0.4 is 10.6 Å². The quantitative estimate of drug-likeness (QED) is 0.831. The number of carbonyl (C=O) groups excluding carboxylic acids is 1. The van der Waals surface area contributed by atoms with Crippen LogP contribution in [0.2, 0.25) is 0 Å². The summed E-state index contributed by atoms with van der Waals surface area (Å²) in [7, 11) is 0. The number of hydrogen-bond acceptors (Lipinski definition) is 3. The normalized spacial score (nSPS) is 24.0. The highest BCUT2D eigenvalue weighted by molar-refractivity contribution is 5.67. The monoisotopic (exact) mass is 284 g/mol. The van der Waals surface area contributed by atoms with Crippen molar-refractivity contribution in [3.8, 4) is 0 Å². The topological polar surface area (TPSA) is 50.4 Å². The Morgan fingerprint density at radius 2 is 2.00 bits per heavy atom. The maximum absolute atomic E-state index is 11.6. The van der Waals surface area contributed by atoms with Crippen molar-refractivity contribution in [3.63, 3.8) is 0 Å². The standard InChI is InChI=1S/C16H32N2O2/c1-12(11-17-14(19)20-15(2,3)4)18-13-9-7-8-10-16(13,5)6/h12-13,18H,7-11H2,1-6H3,(H,17,19). The van der Waals surface area contributed by atoms with Crippen LogP contribution in [0.5, 0.6) is 0 Å². The molecule has 1 fully saturated rings. The van der Waals surface area contributed by atoms with Crippen LogP contribution in [0.4, 0.5) is 4.79 Å². The predicted octanol–water partition coefficient (Wildman–Crippen LogP) is 3.46. The van der Waals surface area contributed by atoms with Crippen molar-refractivity contribution >= 4 is 6.09 Å². The van der Waals surface area contributed by atoms with Gasteiger partial charge in [0, 0.05) is 18.6 Å². The molecule has 1 aliphatic carbocycles. The van der Waals surface area contributed by atoms with Crippen LogP contribution in [-0.2, 0) is 4.74 Å². The fourth-order valence-electron chi connectivity index (χ4n) is 2.76. The maximum Gasteiger partial charge on any atom is 0.407 e. The molecule has 0 aromatic carbocycles. The van der Waals surface area contributed by atoms with Crippen LogP contribution in [0.3, 0.4) is 0 Å². The molecule has 20 heavy (non-hydrogen) atoms. The summed E-state index contributed by atoms with van der Waals surface area (Å²) in [5, 5.41) is 6.49. The molecule has 0 radical (unpaired) electrons. The Bertz CT molecular complexity index is 321. The first-order chi connectivity index (χ1) is 9.10. The molecular weight excluding hydrogens is 252 g/mol. The molecule has 1 aliphatic rings. The average Bonchev–Trinajstić information content (AvgIpc) is 2.27. The van der Waals surface area contributed by atoms with E-state index >= 15 is 0 Å². The van der Waals surface area contributed by atoms with E-state index in [4.69, 9.17) is 4.74 Å². The smallest absolute Gasteiger partial charge is 0.407 e. The van der Waals surface area contributed by atoms with Gasteiger partial charge >= 0.3 is 6.09 Å². The molecular formula is C16H32N2O2. The molecule has 0 saturated heterocycles. The van der Waals surface area contributed by atoms with E-state index in [1.54, 1.807) is 0 Å². The number of hydrogen-bond donors (Lipinski definition) is 2. The lowest BCUT2D eigenvalue weighted by Gasteiger charge is -2.40.